The number of hydrogen-bond acceptors (Lipinski definition) is 2. The van der Waals surface area contributed by atoms with Crippen LogP contribution in [0.25, 0.3) is 0 Å². The Bertz CT molecular complexity index is 219. The number of nitrogens with zero attached hydrogens (tertiary/aromatic N) is 1. The van der Waals surface area contributed by atoms with Crippen molar-refractivity contribution >= 4 is 5.91 Å². The van der Waals surface area contributed by atoms with Crippen molar-refractivity contribution in [2.75, 3.05) is 19.6 Å². The highest BCUT2D eigenvalue weighted by molar-refractivity contribution is 5.82. The molecule has 0 aromatic heterocycles. The Morgan fingerprint density at radius 1 is 1.46 bits per heavy atom. The number of hydrogen-bond donors (Lipinski definition) is 1. The zero-order valence-corrected chi connectivity index (χ0v) is 7.83. The van der Waals surface area contributed by atoms with Crippen LogP contribution in [-0.4, -0.2) is 36.5 Å². The van der Waals surface area contributed by atoms with Gasteiger partial charge < -0.3 is 10.2 Å². The molecule has 0 unspecified atom stereocenters. The van der Waals surface area contributed by atoms with Gasteiger partial charge in [0.1, 0.15) is 0 Å². The molecule has 1 amide bonds. The molecule has 0 aromatic carbocycles. The first-order chi connectivity index (χ1) is 6.38. The zero-order chi connectivity index (χ0) is 9.10. The van der Waals surface area contributed by atoms with Crippen LogP contribution in [0.4, 0.5) is 0 Å². The standard InChI is InChI=1S/C10H16N2O/c13-10(9-5-4-6-11-9)12-7-2-1-3-8-12/h1-2,9,11H,3-8H2/t9-/m1/s1. The topological polar surface area (TPSA) is 32.3 Å². The van der Waals surface area contributed by atoms with E-state index in [0.717, 1.165) is 38.9 Å². The molecule has 0 radical (unpaired) electrons. The molecule has 0 aromatic rings. The summed E-state index contributed by atoms with van der Waals surface area (Å²) in [6.45, 7) is 2.70. The third kappa shape index (κ3) is 1.91. The van der Waals surface area contributed by atoms with Gasteiger partial charge >= 0.3 is 0 Å². The molecule has 2 aliphatic rings. The van der Waals surface area contributed by atoms with Gasteiger partial charge in [-0.15, -0.1) is 0 Å². The number of carbonyl (C=O) groups is 1. The van der Waals surface area contributed by atoms with Crippen LogP contribution >= 0.6 is 0 Å². The molecule has 1 N–H and O–H groups in total. The normalized spacial score (nSPS) is 28.0. The van der Waals surface area contributed by atoms with E-state index in [4.69, 9.17) is 0 Å². The van der Waals surface area contributed by atoms with Crippen LogP contribution in [0.5, 0.6) is 0 Å². The van der Waals surface area contributed by atoms with E-state index >= 15 is 0 Å². The summed E-state index contributed by atoms with van der Waals surface area (Å²) in [4.78, 5) is 13.8. The van der Waals surface area contributed by atoms with E-state index in [1.165, 1.54) is 0 Å². The quantitative estimate of drug-likeness (QED) is 0.597. The maximum atomic E-state index is 11.8. The van der Waals surface area contributed by atoms with Gasteiger partial charge in [-0.2, -0.15) is 0 Å². The van der Waals surface area contributed by atoms with Gasteiger partial charge in [-0.3, -0.25) is 4.79 Å². The SMILES string of the molecule is O=C([C@H]1CCCN1)N1CC=CCC1. The van der Waals surface area contributed by atoms with Crippen molar-refractivity contribution in [2.45, 2.75) is 25.3 Å². The second-order valence-electron chi connectivity index (χ2n) is 3.69. The van der Waals surface area contributed by atoms with Crippen molar-refractivity contribution in [3.63, 3.8) is 0 Å². The molecule has 2 heterocycles. The molecule has 0 spiro atoms. The highest BCUT2D eigenvalue weighted by Crippen LogP contribution is 2.10. The molecule has 72 valence electrons. The maximum absolute atomic E-state index is 11.8. The predicted octanol–water partition coefficient (Wildman–Crippen LogP) is 0.527. The van der Waals surface area contributed by atoms with E-state index in [1.807, 2.05) is 4.90 Å². The lowest BCUT2D eigenvalue weighted by atomic mass is 10.1. The third-order valence-corrected chi connectivity index (χ3v) is 2.73. The van der Waals surface area contributed by atoms with Crippen LogP contribution in [0.3, 0.4) is 0 Å². The minimum absolute atomic E-state index is 0.103. The van der Waals surface area contributed by atoms with Gasteiger partial charge in [0.15, 0.2) is 0 Å². The molecular formula is C10H16N2O. The Hall–Kier alpha value is -0.830. The van der Waals surface area contributed by atoms with Crippen molar-refractivity contribution in [2.24, 2.45) is 0 Å². The van der Waals surface area contributed by atoms with Crippen LogP contribution in [0, 0.1) is 0 Å². The second kappa shape index (κ2) is 3.92. The van der Waals surface area contributed by atoms with Gasteiger partial charge in [0, 0.05) is 13.1 Å². The minimum Gasteiger partial charge on any atom is -0.337 e. The summed E-state index contributed by atoms with van der Waals surface area (Å²) < 4.78 is 0. The van der Waals surface area contributed by atoms with Crippen LogP contribution in [0.2, 0.25) is 0 Å². The summed E-state index contributed by atoms with van der Waals surface area (Å²) in [6.07, 6.45) is 7.39. The van der Waals surface area contributed by atoms with Gasteiger partial charge in [-0.05, 0) is 25.8 Å². The molecular weight excluding hydrogens is 164 g/mol. The molecule has 1 fully saturated rings. The number of carbonyl (C=O) groups excluding carboxylic acids is 1. The predicted molar refractivity (Wildman–Crippen MR) is 51.4 cm³/mol. The van der Waals surface area contributed by atoms with Crippen LogP contribution in [0.15, 0.2) is 12.2 Å². The van der Waals surface area contributed by atoms with Gasteiger partial charge in [0.05, 0.1) is 6.04 Å². The number of amides is 1. The highest BCUT2D eigenvalue weighted by atomic mass is 16.2. The Kier molecular flexibility index (Phi) is 2.64. The first-order valence-corrected chi connectivity index (χ1v) is 5.05. The average Bonchev–Trinajstić information content (AvgIpc) is 2.71. The number of nitrogens with one attached hydrogen (secondary N) is 1. The van der Waals surface area contributed by atoms with Gasteiger partial charge in [-0.25, -0.2) is 0 Å². The summed E-state index contributed by atoms with van der Waals surface area (Å²) in [6, 6.07) is 0.103. The molecule has 13 heavy (non-hydrogen) atoms. The summed E-state index contributed by atoms with van der Waals surface area (Å²) in [5.41, 5.74) is 0. The van der Waals surface area contributed by atoms with Crippen LogP contribution < -0.4 is 5.32 Å². The van der Waals surface area contributed by atoms with Gasteiger partial charge in [0.2, 0.25) is 5.91 Å². The Balaban J connectivity index is 1.91. The van der Waals surface area contributed by atoms with E-state index in [-0.39, 0.29) is 6.04 Å². The van der Waals surface area contributed by atoms with E-state index in [9.17, 15) is 4.79 Å². The lowest BCUT2D eigenvalue weighted by Gasteiger charge is -2.26. The summed E-state index contributed by atoms with van der Waals surface area (Å²) in [7, 11) is 0. The fourth-order valence-corrected chi connectivity index (χ4v) is 1.96. The van der Waals surface area contributed by atoms with Crippen molar-refractivity contribution in [3.05, 3.63) is 12.2 Å². The Morgan fingerprint density at radius 2 is 2.38 bits per heavy atom. The first kappa shape index (κ1) is 8.75. The van der Waals surface area contributed by atoms with E-state index < -0.39 is 0 Å². The lowest BCUT2D eigenvalue weighted by molar-refractivity contribution is -0.132. The molecule has 1 saturated heterocycles. The molecule has 2 aliphatic heterocycles. The van der Waals surface area contributed by atoms with E-state index in [2.05, 4.69) is 17.5 Å². The Labute approximate surface area is 78.8 Å². The first-order valence-electron chi connectivity index (χ1n) is 5.05. The van der Waals surface area contributed by atoms with E-state index in [1.54, 1.807) is 0 Å². The largest absolute Gasteiger partial charge is 0.337 e. The van der Waals surface area contributed by atoms with Crippen LogP contribution in [-0.2, 0) is 4.79 Å². The average molecular weight is 180 g/mol. The Morgan fingerprint density at radius 3 is 3.00 bits per heavy atom. The summed E-state index contributed by atoms with van der Waals surface area (Å²) in [5, 5.41) is 3.24. The van der Waals surface area contributed by atoms with Crippen molar-refractivity contribution < 1.29 is 4.79 Å². The highest BCUT2D eigenvalue weighted by Gasteiger charge is 2.26. The van der Waals surface area contributed by atoms with Crippen molar-refractivity contribution in [1.82, 2.24) is 10.2 Å². The molecule has 1 atom stereocenters. The maximum Gasteiger partial charge on any atom is 0.239 e. The fourth-order valence-electron chi connectivity index (χ4n) is 1.96. The molecule has 0 bridgehead atoms. The molecule has 0 saturated carbocycles. The fraction of sp³-hybridized carbons (Fsp3) is 0.700. The molecule has 2 rings (SSSR count). The summed E-state index contributed by atoms with van der Waals surface area (Å²) >= 11 is 0. The zero-order valence-electron chi connectivity index (χ0n) is 7.83. The van der Waals surface area contributed by atoms with Gasteiger partial charge in [-0.1, -0.05) is 12.2 Å². The molecule has 0 aliphatic carbocycles. The molecule has 3 nitrogen and oxygen atoms in total. The van der Waals surface area contributed by atoms with Crippen molar-refractivity contribution in [3.8, 4) is 0 Å². The van der Waals surface area contributed by atoms with E-state index in [0.29, 0.717) is 5.91 Å². The summed E-state index contributed by atoms with van der Waals surface area (Å²) in [5.74, 6) is 0.293. The third-order valence-electron chi connectivity index (χ3n) is 2.73. The lowest BCUT2D eigenvalue weighted by Crippen LogP contribution is -2.44. The van der Waals surface area contributed by atoms with Crippen molar-refractivity contribution in [1.29, 1.82) is 0 Å². The second-order valence-corrected chi connectivity index (χ2v) is 3.69. The van der Waals surface area contributed by atoms with Gasteiger partial charge in [0.25, 0.3) is 0 Å². The smallest absolute Gasteiger partial charge is 0.239 e. The minimum atomic E-state index is 0.103. The van der Waals surface area contributed by atoms with Crippen LogP contribution in [0.1, 0.15) is 19.3 Å². The monoisotopic (exact) mass is 180 g/mol. The molecule has 3 heteroatoms. The number of rotatable bonds is 1.